The first-order valence-electron chi connectivity index (χ1n) is 2.68. The Morgan fingerprint density at radius 1 is 1.75 bits per heavy atom. The molecule has 0 bridgehead atoms. The van der Waals surface area contributed by atoms with Gasteiger partial charge in [0.1, 0.15) is 0 Å². The Hall–Kier alpha value is -0.120. The lowest BCUT2D eigenvalue weighted by molar-refractivity contribution is 0.0624. The first kappa shape index (κ1) is 6.01. The Kier molecular flexibility index (Phi) is 1.83. The molecule has 1 fully saturated rings. The lowest BCUT2D eigenvalue weighted by Gasteiger charge is -2.05. The van der Waals surface area contributed by atoms with Gasteiger partial charge in [0.25, 0.3) is 0 Å². The van der Waals surface area contributed by atoms with Crippen LogP contribution in [0.5, 0.6) is 0 Å². The molecular weight excluding hydrogens is 104 g/mol. The second kappa shape index (κ2) is 2.44. The highest BCUT2D eigenvalue weighted by atomic mass is 16.6. The molecule has 0 aliphatic carbocycles. The maximum atomic E-state index is 5.40. The third-order valence-corrected chi connectivity index (χ3v) is 1.37. The summed E-state index contributed by atoms with van der Waals surface area (Å²) in [6.07, 6.45) is 1.10. The van der Waals surface area contributed by atoms with Crippen molar-refractivity contribution in [2.45, 2.75) is 12.5 Å². The van der Waals surface area contributed by atoms with Crippen LogP contribution in [0.2, 0.25) is 0 Å². The van der Waals surface area contributed by atoms with Crippen molar-refractivity contribution >= 4 is 0 Å². The average molecular weight is 114 g/mol. The number of hydrogen-bond donors (Lipinski definition) is 1. The van der Waals surface area contributed by atoms with E-state index in [9.17, 15) is 0 Å². The fraction of sp³-hybridized carbons (Fsp3) is 0.800. The van der Waals surface area contributed by atoms with E-state index in [2.05, 4.69) is 4.84 Å². The molecule has 46 valence electrons. The molecule has 1 saturated heterocycles. The zero-order valence-electron chi connectivity index (χ0n) is 4.71. The maximum Gasteiger partial charge on any atom is 0.0926 e. The van der Waals surface area contributed by atoms with Crippen molar-refractivity contribution in [3.05, 3.63) is 7.05 Å². The molecule has 0 saturated carbocycles. The van der Waals surface area contributed by atoms with Crippen molar-refractivity contribution in [3.63, 3.8) is 0 Å². The van der Waals surface area contributed by atoms with Gasteiger partial charge in [-0.05, 0) is 6.42 Å². The van der Waals surface area contributed by atoms with Crippen LogP contribution in [0.4, 0.5) is 0 Å². The van der Waals surface area contributed by atoms with Crippen molar-refractivity contribution in [3.8, 4) is 0 Å². The minimum Gasteiger partial charge on any atom is -0.300 e. The van der Waals surface area contributed by atoms with E-state index in [1.807, 2.05) is 0 Å². The highest BCUT2D eigenvalue weighted by Gasteiger charge is 2.18. The monoisotopic (exact) mass is 114 g/mol. The molecule has 3 nitrogen and oxygen atoms in total. The molecule has 1 aliphatic rings. The van der Waals surface area contributed by atoms with Crippen LogP contribution >= 0.6 is 0 Å². The second-order valence-corrected chi connectivity index (χ2v) is 2.04. The third-order valence-electron chi connectivity index (χ3n) is 1.37. The van der Waals surface area contributed by atoms with Gasteiger partial charge in [-0.25, -0.2) is 5.90 Å². The summed E-state index contributed by atoms with van der Waals surface area (Å²) in [5, 5.41) is 0. The summed E-state index contributed by atoms with van der Waals surface area (Å²) in [6, 6.07) is 0. The smallest absolute Gasteiger partial charge is 0.0926 e. The van der Waals surface area contributed by atoms with E-state index in [1.165, 1.54) is 0 Å². The molecule has 2 radical (unpaired) electrons. The van der Waals surface area contributed by atoms with Crippen LogP contribution < -0.4 is 5.90 Å². The van der Waals surface area contributed by atoms with E-state index in [0.717, 1.165) is 19.5 Å². The summed E-state index contributed by atoms with van der Waals surface area (Å²) < 4.78 is 0. The summed E-state index contributed by atoms with van der Waals surface area (Å²) in [7, 11) is 5.40. The molecule has 2 N–H and O–H groups in total. The quantitative estimate of drug-likeness (QED) is 0.472. The molecule has 0 aromatic heterocycles. The van der Waals surface area contributed by atoms with Crippen molar-refractivity contribution in [1.82, 2.24) is 4.90 Å². The molecule has 0 amide bonds. The molecule has 1 aliphatic heterocycles. The van der Waals surface area contributed by atoms with E-state index in [1.54, 1.807) is 4.90 Å². The SMILES string of the molecule is [CH]N1CC[C@H](ON)C1. The Morgan fingerprint density at radius 2 is 2.50 bits per heavy atom. The number of nitrogens with two attached hydrogens (primary N) is 1. The highest BCUT2D eigenvalue weighted by Crippen LogP contribution is 2.08. The van der Waals surface area contributed by atoms with Crippen LogP contribution in [-0.2, 0) is 4.84 Å². The molecule has 1 rings (SSSR count). The van der Waals surface area contributed by atoms with Crippen molar-refractivity contribution in [1.29, 1.82) is 0 Å². The molecule has 1 heterocycles. The summed E-state index contributed by atoms with van der Waals surface area (Å²) in [5.41, 5.74) is 0. The topological polar surface area (TPSA) is 38.5 Å². The van der Waals surface area contributed by atoms with Gasteiger partial charge in [0.05, 0.1) is 6.10 Å². The predicted octanol–water partition coefficient (Wildman–Crippen LogP) is -0.380. The second-order valence-electron chi connectivity index (χ2n) is 2.04. The molecule has 0 aromatic carbocycles. The molecule has 0 aromatic rings. The van der Waals surface area contributed by atoms with E-state index in [0.29, 0.717) is 0 Å². The van der Waals surface area contributed by atoms with Gasteiger partial charge in [0.15, 0.2) is 0 Å². The predicted molar refractivity (Wildman–Crippen MR) is 29.6 cm³/mol. The van der Waals surface area contributed by atoms with Crippen LogP contribution in [-0.4, -0.2) is 24.1 Å². The fourth-order valence-corrected chi connectivity index (χ4v) is 0.865. The minimum absolute atomic E-state index is 0.153. The Bertz CT molecular complexity index is 76.8. The van der Waals surface area contributed by atoms with E-state index < -0.39 is 0 Å². The number of nitrogens with zero attached hydrogens (tertiary/aromatic N) is 1. The fourth-order valence-electron chi connectivity index (χ4n) is 0.865. The van der Waals surface area contributed by atoms with E-state index in [-0.39, 0.29) is 6.10 Å². The zero-order chi connectivity index (χ0) is 5.98. The molecule has 1 atom stereocenters. The van der Waals surface area contributed by atoms with Gasteiger partial charge in [-0.3, -0.25) is 9.74 Å². The number of rotatable bonds is 1. The first-order valence-corrected chi connectivity index (χ1v) is 2.68. The van der Waals surface area contributed by atoms with Crippen molar-refractivity contribution in [2.24, 2.45) is 5.90 Å². The lowest BCUT2D eigenvalue weighted by Crippen LogP contribution is -2.20. The number of likely N-dealkylation sites (tertiary alicyclic amines) is 1. The standard InChI is InChI=1S/C5H10N2O/c1-7-3-2-5(4-7)8-6/h1,5H,2-4,6H2/t5-/m0/s1. The zero-order valence-corrected chi connectivity index (χ0v) is 4.71. The van der Waals surface area contributed by atoms with Gasteiger partial charge in [0.2, 0.25) is 0 Å². The summed E-state index contributed by atoms with van der Waals surface area (Å²) in [6.45, 7) is 1.65. The summed E-state index contributed by atoms with van der Waals surface area (Å²) in [4.78, 5) is 6.27. The minimum atomic E-state index is 0.153. The average Bonchev–Trinajstić information content (AvgIpc) is 2.14. The van der Waals surface area contributed by atoms with E-state index in [4.69, 9.17) is 12.9 Å². The molecule has 3 heteroatoms. The maximum absolute atomic E-state index is 5.40. The third kappa shape index (κ3) is 1.18. The Morgan fingerprint density at radius 3 is 2.75 bits per heavy atom. The molecule has 8 heavy (non-hydrogen) atoms. The Balaban J connectivity index is 2.22. The van der Waals surface area contributed by atoms with Crippen LogP contribution in [0, 0.1) is 7.05 Å². The highest BCUT2D eigenvalue weighted by molar-refractivity contribution is 4.73. The lowest BCUT2D eigenvalue weighted by atomic mass is 10.3. The van der Waals surface area contributed by atoms with Crippen LogP contribution in [0.3, 0.4) is 0 Å². The molecule has 0 spiro atoms. The summed E-state index contributed by atoms with van der Waals surface area (Å²) in [5.74, 6) is 4.91. The van der Waals surface area contributed by atoms with Gasteiger partial charge in [0, 0.05) is 20.1 Å². The van der Waals surface area contributed by atoms with Crippen LogP contribution in [0.15, 0.2) is 0 Å². The largest absolute Gasteiger partial charge is 0.300 e. The Labute approximate surface area is 49.4 Å². The van der Waals surface area contributed by atoms with Gasteiger partial charge in [-0.1, -0.05) is 0 Å². The van der Waals surface area contributed by atoms with E-state index >= 15 is 0 Å². The van der Waals surface area contributed by atoms with Crippen molar-refractivity contribution < 1.29 is 4.84 Å². The normalized spacial score (nSPS) is 31.5. The van der Waals surface area contributed by atoms with Gasteiger partial charge in [-0.15, -0.1) is 0 Å². The van der Waals surface area contributed by atoms with Crippen molar-refractivity contribution in [2.75, 3.05) is 13.1 Å². The van der Waals surface area contributed by atoms with Gasteiger partial charge < -0.3 is 0 Å². The van der Waals surface area contributed by atoms with Gasteiger partial charge >= 0.3 is 0 Å². The summed E-state index contributed by atoms with van der Waals surface area (Å²) >= 11 is 0. The number of hydrogen-bond acceptors (Lipinski definition) is 3. The van der Waals surface area contributed by atoms with Gasteiger partial charge in [-0.2, -0.15) is 0 Å². The molecular formula is C5H10N2O. The first-order chi connectivity index (χ1) is 3.83. The van der Waals surface area contributed by atoms with Crippen LogP contribution in [0.1, 0.15) is 6.42 Å². The van der Waals surface area contributed by atoms with Crippen LogP contribution in [0.25, 0.3) is 0 Å². The molecule has 0 unspecified atom stereocenters.